The molecule has 0 aliphatic heterocycles. The number of benzene rings is 1. The average Bonchev–Trinajstić information content (AvgIpc) is 2.24. The molecule has 0 bridgehead atoms. The first-order valence-electron chi connectivity index (χ1n) is 5.16. The number of phenols is 1. The Bertz CT molecular complexity index is 297. The molecule has 0 unspecified atom stereocenters. The van der Waals surface area contributed by atoms with Crippen LogP contribution in [0.15, 0.2) is 18.2 Å². The molecule has 0 aromatic heterocycles. The lowest BCUT2D eigenvalue weighted by molar-refractivity contribution is 0.184. The molecule has 3 nitrogen and oxygen atoms in total. The summed E-state index contributed by atoms with van der Waals surface area (Å²) >= 11 is 0. The molecule has 84 valence electrons. The van der Waals surface area contributed by atoms with E-state index in [1.165, 1.54) is 0 Å². The first-order chi connectivity index (χ1) is 7.25. The zero-order valence-electron chi connectivity index (χ0n) is 9.32. The smallest absolute Gasteiger partial charge is 0.125 e. The van der Waals surface area contributed by atoms with Crippen LogP contribution in [0.3, 0.4) is 0 Å². The summed E-state index contributed by atoms with van der Waals surface area (Å²) in [5.74, 6) is 1.04. The van der Waals surface area contributed by atoms with Crippen LogP contribution in [-0.2, 0) is 4.74 Å². The standard InChI is InChI=1S/C12H18O3/c1-10-11(13)6-5-7-12(10)15-9-4-3-8-14-2/h5-7,13H,3-4,8-9H2,1-2H3. The number of aromatic hydroxyl groups is 1. The zero-order valence-corrected chi connectivity index (χ0v) is 9.32. The van der Waals surface area contributed by atoms with Gasteiger partial charge in [-0.2, -0.15) is 0 Å². The van der Waals surface area contributed by atoms with Crippen LogP contribution in [0.25, 0.3) is 0 Å². The summed E-state index contributed by atoms with van der Waals surface area (Å²) < 4.78 is 10.5. The van der Waals surface area contributed by atoms with Gasteiger partial charge in [-0.15, -0.1) is 0 Å². The second-order valence-corrected chi connectivity index (χ2v) is 3.45. The van der Waals surface area contributed by atoms with Gasteiger partial charge in [0.2, 0.25) is 0 Å². The van der Waals surface area contributed by atoms with E-state index in [9.17, 15) is 5.11 Å². The highest BCUT2D eigenvalue weighted by Crippen LogP contribution is 2.25. The van der Waals surface area contributed by atoms with Crippen molar-refractivity contribution in [1.29, 1.82) is 0 Å². The Morgan fingerprint density at radius 1 is 1.20 bits per heavy atom. The minimum absolute atomic E-state index is 0.282. The first kappa shape index (κ1) is 11.9. The third-order valence-electron chi connectivity index (χ3n) is 2.26. The van der Waals surface area contributed by atoms with Gasteiger partial charge in [0.15, 0.2) is 0 Å². The van der Waals surface area contributed by atoms with Crippen LogP contribution < -0.4 is 4.74 Å². The lowest BCUT2D eigenvalue weighted by Gasteiger charge is -2.09. The quantitative estimate of drug-likeness (QED) is 0.733. The molecule has 1 aromatic rings. The van der Waals surface area contributed by atoms with Gasteiger partial charge in [-0.05, 0) is 31.9 Å². The number of ether oxygens (including phenoxy) is 2. The summed E-state index contributed by atoms with van der Waals surface area (Å²) in [7, 11) is 1.69. The fraction of sp³-hybridized carbons (Fsp3) is 0.500. The molecule has 0 aliphatic rings. The van der Waals surface area contributed by atoms with E-state index >= 15 is 0 Å². The van der Waals surface area contributed by atoms with Gasteiger partial charge in [0.1, 0.15) is 11.5 Å². The molecule has 0 heterocycles. The minimum Gasteiger partial charge on any atom is -0.508 e. The Balaban J connectivity index is 2.34. The number of unbranched alkanes of at least 4 members (excludes halogenated alkanes) is 1. The van der Waals surface area contributed by atoms with E-state index in [-0.39, 0.29) is 5.75 Å². The van der Waals surface area contributed by atoms with E-state index in [4.69, 9.17) is 9.47 Å². The molecule has 0 saturated carbocycles. The number of hydrogen-bond donors (Lipinski definition) is 1. The van der Waals surface area contributed by atoms with Crippen molar-refractivity contribution in [2.75, 3.05) is 20.3 Å². The van der Waals surface area contributed by atoms with Gasteiger partial charge in [-0.1, -0.05) is 6.07 Å². The number of methoxy groups -OCH3 is 1. The molecule has 1 aromatic carbocycles. The third kappa shape index (κ3) is 3.80. The molecule has 3 heteroatoms. The van der Waals surface area contributed by atoms with Crippen LogP contribution in [-0.4, -0.2) is 25.4 Å². The summed E-state index contributed by atoms with van der Waals surface area (Å²) in [5, 5.41) is 9.44. The number of phenolic OH excluding ortho intramolecular Hbond substituents is 1. The summed E-state index contributed by atoms with van der Waals surface area (Å²) in [6.45, 7) is 3.27. The van der Waals surface area contributed by atoms with E-state index < -0.39 is 0 Å². The van der Waals surface area contributed by atoms with Crippen molar-refractivity contribution in [3.05, 3.63) is 23.8 Å². The monoisotopic (exact) mass is 210 g/mol. The minimum atomic E-state index is 0.282. The first-order valence-corrected chi connectivity index (χ1v) is 5.16. The highest BCUT2D eigenvalue weighted by Gasteiger charge is 2.02. The van der Waals surface area contributed by atoms with E-state index in [0.29, 0.717) is 6.61 Å². The van der Waals surface area contributed by atoms with Crippen molar-refractivity contribution in [3.63, 3.8) is 0 Å². The second kappa shape index (κ2) is 6.30. The lowest BCUT2D eigenvalue weighted by Crippen LogP contribution is -2.00. The molecule has 1 N–H and O–H groups in total. The van der Waals surface area contributed by atoms with Crippen molar-refractivity contribution >= 4 is 0 Å². The van der Waals surface area contributed by atoms with Crippen LogP contribution in [0.1, 0.15) is 18.4 Å². The van der Waals surface area contributed by atoms with Crippen LogP contribution in [0.2, 0.25) is 0 Å². The fourth-order valence-corrected chi connectivity index (χ4v) is 1.29. The number of hydrogen-bond acceptors (Lipinski definition) is 3. The molecule has 0 spiro atoms. The fourth-order valence-electron chi connectivity index (χ4n) is 1.29. The lowest BCUT2D eigenvalue weighted by atomic mass is 10.2. The molecular formula is C12H18O3. The van der Waals surface area contributed by atoms with Crippen molar-refractivity contribution in [2.24, 2.45) is 0 Å². The predicted molar refractivity (Wildman–Crippen MR) is 59.4 cm³/mol. The summed E-state index contributed by atoms with van der Waals surface area (Å²) in [4.78, 5) is 0. The van der Waals surface area contributed by atoms with Crippen molar-refractivity contribution in [1.82, 2.24) is 0 Å². The zero-order chi connectivity index (χ0) is 11.1. The van der Waals surface area contributed by atoms with Crippen LogP contribution in [0.5, 0.6) is 11.5 Å². The van der Waals surface area contributed by atoms with Gasteiger partial charge in [0.25, 0.3) is 0 Å². The Kier molecular flexibility index (Phi) is 4.98. The van der Waals surface area contributed by atoms with Crippen LogP contribution in [0.4, 0.5) is 0 Å². The Morgan fingerprint density at radius 2 is 1.93 bits per heavy atom. The highest BCUT2D eigenvalue weighted by molar-refractivity contribution is 5.42. The van der Waals surface area contributed by atoms with Gasteiger partial charge in [-0.3, -0.25) is 0 Å². The van der Waals surface area contributed by atoms with Crippen LogP contribution in [0, 0.1) is 6.92 Å². The van der Waals surface area contributed by atoms with E-state index in [2.05, 4.69) is 0 Å². The molecule has 0 radical (unpaired) electrons. The topological polar surface area (TPSA) is 38.7 Å². The molecule has 0 aliphatic carbocycles. The summed E-state index contributed by atoms with van der Waals surface area (Å²) in [5.41, 5.74) is 0.796. The van der Waals surface area contributed by atoms with E-state index in [1.54, 1.807) is 19.2 Å². The molecule has 15 heavy (non-hydrogen) atoms. The van der Waals surface area contributed by atoms with Gasteiger partial charge < -0.3 is 14.6 Å². The normalized spacial score (nSPS) is 10.3. The average molecular weight is 210 g/mol. The SMILES string of the molecule is COCCCCOc1cccc(O)c1C. The van der Waals surface area contributed by atoms with Gasteiger partial charge >= 0.3 is 0 Å². The van der Waals surface area contributed by atoms with E-state index in [1.807, 2.05) is 13.0 Å². The van der Waals surface area contributed by atoms with Crippen molar-refractivity contribution in [2.45, 2.75) is 19.8 Å². The maximum Gasteiger partial charge on any atom is 0.125 e. The maximum absolute atomic E-state index is 9.44. The van der Waals surface area contributed by atoms with Crippen molar-refractivity contribution < 1.29 is 14.6 Å². The van der Waals surface area contributed by atoms with Gasteiger partial charge in [0.05, 0.1) is 6.61 Å². The molecule has 1 rings (SSSR count). The summed E-state index contributed by atoms with van der Waals surface area (Å²) in [6, 6.07) is 5.31. The summed E-state index contributed by atoms with van der Waals surface area (Å²) in [6.07, 6.45) is 1.96. The maximum atomic E-state index is 9.44. The van der Waals surface area contributed by atoms with Crippen LogP contribution >= 0.6 is 0 Å². The molecule has 0 fully saturated rings. The molecule has 0 atom stereocenters. The largest absolute Gasteiger partial charge is 0.508 e. The van der Waals surface area contributed by atoms with E-state index in [0.717, 1.165) is 30.8 Å². The molecular weight excluding hydrogens is 192 g/mol. The predicted octanol–water partition coefficient (Wildman–Crippen LogP) is 2.51. The Hall–Kier alpha value is -1.22. The highest BCUT2D eigenvalue weighted by atomic mass is 16.5. The Morgan fingerprint density at radius 3 is 2.67 bits per heavy atom. The third-order valence-corrected chi connectivity index (χ3v) is 2.26. The van der Waals surface area contributed by atoms with Gasteiger partial charge in [0, 0.05) is 19.3 Å². The Labute approximate surface area is 90.6 Å². The van der Waals surface area contributed by atoms with Gasteiger partial charge in [-0.25, -0.2) is 0 Å². The second-order valence-electron chi connectivity index (χ2n) is 3.45. The molecule has 0 amide bonds. The number of rotatable bonds is 6. The van der Waals surface area contributed by atoms with Crippen molar-refractivity contribution in [3.8, 4) is 11.5 Å². The molecule has 0 saturated heterocycles.